The van der Waals surface area contributed by atoms with E-state index in [1.165, 1.54) is 12.8 Å². The Balaban J connectivity index is 2.36. The van der Waals surface area contributed by atoms with E-state index in [0.717, 1.165) is 36.9 Å². The van der Waals surface area contributed by atoms with E-state index in [1.54, 1.807) is 0 Å². The first-order valence-corrected chi connectivity index (χ1v) is 7.32. The molecule has 1 atom stereocenters. The third-order valence-corrected chi connectivity index (χ3v) is 3.44. The topological polar surface area (TPSA) is 42.1 Å². The first kappa shape index (κ1) is 16.1. The predicted molar refractivity (Wildman–Crippen MR) is 81.9 cm³/mol. The second-order valence-electron chi connectivity index (χ2n) is 6.03. The standard InChI is InChI=1S/C16H29N3/c1-13(2)10-15(11-17)8-9-19(4)12-16-7-5-6-14(3)18-16/h5-7,13,15H,8-12,17H2,1-4H3. The quantitative estimate of drug-likeness (QED) is 0.784. The van der Waals surface area contributed by atoms with Gasteiger partial charge in [0, 0.05) is 12.2 Å². The molecule has 1 rings (SSSR count). The molecule has 1 aromatic rings. The molecular formula is C16H29N3. The van der Waals surface area contributed by atoms with Crippen LogP contribution in [0.15, 0.2) is 18.2 Å². The Bertz CT molecular complexity index is 363. The zero-order valence-electron chi connectivity index (χ0n) is 12.9. The molecule has 1 unspecified atom stereocenters. The third-order valence-electron chi connectivity index (χ3n) is 3.44. The number of aryl methyl sites for hydroxylation is 1. The van der Waals surface area contributed by atoms with E-state index in [-0.39, 0.29) is 0 Å². The van der Waals surface area contributed by atoms with Crippen molar-refractivity contribution >= 4 is 0 Å². The zero-order valence-corrected chi connectivity index (χ0v) is 12.9. The zero-order chi connectivity index (χ0) is 14.3. The minimum absolute atomic E-state index is 0.646. The Labute approximate surface area is 118 Å². The summed E-state index contributed by atoms with van der Waals surface area (Å²) in [6, 6.07) is 6.21. The number of aromatic nitrogens is 1. The lowest BCUT2D eigenvalue weighted by Crippen LogP contribution is -2.25. The van der Waals surface area contributed by atoms with Gasteiger partial charge < -0.3 is 10.6 Å². The van der Waals surface area contributed by atoms with Crippen LogP contribution in [0.4, 0.5) is 0 Å². The highest BCUT2D eigenvalue weighted by Gasteiger charge is 2.10. The van der Waals surface area contributed by atoms with E-state index in [0.29, 0.717) is 5.92 Å². The van der Waals surface area contributed by atoms with Crippen molar-refractivity contribution in [1.82, 2.24) is 9.88 Å². The normalized spacial score (nSPS) is 13.2. The van der Waals surface area contributed by atoms with E-state index >= 15 is 0 Å². The van der Waals surface area contributed by atoms with Crippen LogP contribution in [-0.4, -0.2) is 30.0 Å². The molecule has 1 heterocycles. The van der Waals surface area contributed by atoms with Gasteiger partial charge in [-0.1, -0.05) is 19.9 Å². The number of nitrogens with two attached hydrogens (primary N) is 1. The maximum Gasteiger partial charge on any atom is 0.0547 e. The SMILES string of the molecule is Cc1cccc(CN(C)CCC(CN)CC(C)C)n1. The third kappa shape index (κ3) is 6.69. The molecule has 0 aliphatic carbocycles. The molecule has 0 aliphatic heterocycles. The molecule has 0 bridgehead atoms. The van der Waals surface area contributed by atoms with Crippen LogP contribution in [0.5, 0.6) is 0 Å². The lowest BCUT2D eigenvalue weighted by atomic mass is 9.94. The molecule has 108 valence electrons. The maximum absolute atomic E-state index is 5.85. The number of rotatable bonds is 8. The van der Waals surface area contributed by atoms with Crippen LogP contribution in [0, 0.1) is 18.8 Å². The molecular weight excluding hydrogens is 234 g/mol. The van der Waals surface area contributed by atoms with Gasteiger partial charge >= 0.3 is 0 Å². The Kier molecular flexibility index (Phi) is 7.03. The summed E-state index contributed by atoms with van der Waals surface area (Å²) < 4.78 is 0. The van der Waals surface area contributed by atoms with Gasteiger partial charge in [-0.15, -0.1) is 0 Å². The van der Waals surface area contributed by atoms with Gasteiger partial charge in [-0.05, 0) is 63.9 Å². The van der Waals surface area contributed by atoms with Gasteiger partial charge in [0.1, 0.15) is 0 Å². The maximum atomic E-state index is 5.85. The summed E-state index contributed by atoms with van der Waals surface area (Å²) in [5, 5.41) is 0. The summed E-state index contributed by atoms with van der Waals surface area (Å²) in [6.45, 7) is 9.38. The fourth-order valence-corrected chi connectivity index (χ4v) is 2.44. The largest absolute Gasteiger partial charge is 0.330 e. The van der Waals surface area contributed by atoms with Gasteiger partial charge in [-0.3, -0.25) is 4.98 Å². The van der Waals surface area contributed by atoms with Crippen LogP contribution in [0.1, 0.15) is 38.1 Å². The van der Waals surface area contributed by atoms with Crippen molar-refractivity contribution in [3.63, 3.8) is 0 Å². The van der Waals surface area contributed by atoms with Crippen molar-refractivity contribution in [2.75, 3.05) is 20.1 Å². The summed E-state index contributed by atoms with van der Waals surface area (Å²) in [5.74, 6) is 1.38. The number of pyridine rings is 1. The summed E-state index contributed by atoms with van der Waals surface area (Å²) in [7, 11) is 2.16. The first-order valence-electron chi connectivity index (χ1n) is 7.32. The smallest absolute Gasteiger partial charge is 0.0547 e. The summed E-state index contributed by atoms with van der Waals surface area (Å²) in [4.78, 5) is 6.88. The molecule has 0 spiro atoms. The second kappa shape index (κ2) is 8.28. The molecule has 0 radical (unpaired) electrons. The van der Waals surface area contributed by atoms with Gasteiger partial charge in [-0.25, -0.2) is 0 Å². The first-order chi connectivity index (χ1) is 9.01. The fraction of sp³-hybridized carbons (Fsp3) is 0.688. The van der Waals surface area contributed by atoms with Crippen molar-refractivity contribution in [2.24, 2.45) is 17.6 Å². The molecule has 3 heteroatoms. The number of nitrogens with zero attached hydrogens (tertiary/aromatic N) is 2. The van der Waals surface area contributed by atoms with Crippen LogP contribution < -0.4 is 5.73 Å². The lowest BCUT2D eigenvalue weighted by Gasteiger charge is -2.21. The highest BCUT2D eigenvalue weighted by Crippen LogP contribution is 2.15. The second-order valence-corrected chi connectivity index (χ2v) is 6.03. The lowest BCUT2D eigenvalue weighted by molar-refractivity contribution is 0.276. The molecule has 0 amide bonds. The Hall–Kier alpha value is -0.930. The van der Waals surface area contributed by atoms with E-state index in [4.69, 9.17) is 5.73 Å². The van der Waals surface area contributed by atoms with Gasteiger partial charge in [0.15, 0.2) is 0 Å². The van der Waals surface area contributed by atoms with Crippen molar-refractivity contribution in [3.8, 4) is 0 Å². The van der Waals surface area contributed by atoms with Crippen molar-refractivity contribution in [1.29, 1.82) is 0 Å². The molecule has 0 saturated heterocycles. The predicted octanol–water partition coefficient (Wildman–Crippen LogP) is 2.83. The summed E-state index contributed by atoms with van der Waals surface area (Å²) >= 11 is 0. The van der Waals surface area contributed by atoms with Crippen molar-refractivity contribution in [2.45, 2.75) is 40.2 Å². The Morgan fingerprint density at radius 3 is 2.63 bits per heavy atom. The van der Waals surface area contributed by atoms with E-state index in [2.05, 4.69) is 42.9 Å². The van der Waals surface area contributed by atoms with Gasteiger partial charge in [0.25, 0.3) is 0 Å². The molecule has 1 aromatic heterocycles. The van der Waals surface area contributed by atoms with Crippen LogP contribution in [0.25, 0.3) is 0 Å². The van der Waals surface area contributed by atoms with Gasteiger partial charge in [0.2, 0.25) is 0 Å². The number of hydrogen-bond acceptors (Lipinski definition) is 3. The summed E-state index contributed by atoms with van der Waals surface area (Å²) in [6.07, 6.45) is 2.41. The highest BCUT2D eigenvalue weighted by molar-refractivity contribution is 5.09. The van der Waals surface area contributed by atoms with Gasteiger partial charge in [0.05, 0.1) is 5.69 Å². The highest BCUT2D eigenvalue weighted by atomic mass is 15.1. The number of hydrogen-bond donors (Lipinski definition) is 1. The molecule has 0 aliphatic rings. The minimum Gasteiger partial charge on any atom is -0.330 e. The van der Waals surface area contributed by atoms with E-state index in [1.807, 2.05) is 13.0 Å². The Morgan fingerprint density at radius 2 is 2.05 bits per heavy atom. The van der Waals surface area contributed by atoms with Crippen LogP contribution in [0.2, 0.25) is 0 Å². The van der Waals surface area contributed by atoms with Crippen molar-refractivity contribution in [3.05, 3.63) is 29.6 Å². The van der Waals surface area contributed by atoms with Crippen LogP contribution >= 0.6 is 0 Å². The van der Waals surface area contributed by atoms with Gasteiger partial charge in [-0.2, -0.15) is 0 Å². The van der Waals surface area contributed by atoms with Crippen LogP contribution in [-0.2, 0) is 6.54 Å². The molecule has 0 saturated carbocycles. The average Bonchev–Trinajstić information content (AvgIpc) is 2.34. The average molecular weight is 263 g/mol. The molecule has 19 heavy (non-hydrogen) atoms. The Morgan fingerprint density at radius 1 is 1.32 bits per heavy atom. The monoisotopic (exact) mass is 263 g/mol. The van der Waals surface area contributed by atoms with E-state index < -0.39 is 0 Å². The van der Waals surface area contributed by atoms with Crippen LogP contribution in [0.3, 0.4) is 0 Å². The molecule has 0 aromatic carbocycles. The molecule has 0 fully saturated rings. The minimum atomic E-state index is 0.646. The van der Waals surface area contributed by atoms with E-state index in [9.17, 15) is 0 Å². The fourth-order valence-electron chi connectivity index (χ4n) is 2.44. The molecule has 3 nitrogen and oxygen atoms in total. The van der Waals surface area contributed by atoms with Crippen molar-refractivity contribution < 1.29 is 0 Å². The summed E-state index contributed by atoms with van der Waals surface area (Å²) in [5.41, 5.74) is 8.09. The molecule has 2 N–H and O–H groups in total.